The fourth-order valence-electron chi connectivity index (χ4n) is 3.19. The summed E-state index contributed by atoms with van der Waals surface area (Å²) in [6.07, 6.45) is 2.42. The number of benzene rings is 1. The van der Waals surface area contributed by atoms with E-state index in [1.165, 1.54) is 24.7 Å². The Morgan fingerprint density at radius 3 is 2.21 bits per heavy atom. The van der Waals surface area contributed by atoms with Crippen LogP contribution in [0.5, 0.6) is 0 Å². The van der Waals surface area contributed by atoms with Gasteiger partial charge in [0.25, 0.3) is 0 Å². The molecule has 3 aromatic rings. The van der Waals surface area contributed by atoms with Gasteiger partial charge in [0.1, 0.15) is 29.4 Å². The van der Waals surface area contributed by atoms with E-state index < -0.39 is 23.3 Å². The number of hydrogen-bond acceptors (Lipinski definition) is 6. The van der Waals surface area contributed by atoms with Crippen LogP contribution in [0.25, 0.3) is 22.5 Å². The average molecular weight is 469 g/mol. The zero-order valence-corrected chi connectivity index (χ0v) is 20.2. The Morgan fingerprint density at radius 1 is 0.941 bits per heavy atom. The minimum Gasteiger partial charge on any atom is -0.459 e. The Bertz CT molecular complexity index is 1170. The van der Waals surface area contributed by atoms with E-state index in [2.05, 4.69) is 15.3 Å². The quantitative estimate of drug-likeness (QED) is 0.501. The molecule has 1 amide bonds. The van der Waals surface area contributed by atoms with Crippen molar-refractivity contribution in [2.24, 2.45) is 0 Å². The standard InChI is InChI=1S/C25H29FN4O4/c1-24(2,3)33-20(31)14-30-15-28-21(16-7-9-18(26)10-8-16)22(30)17-11-12-27-19(13-17)29-23(32)34-25(4,5)6/h7-13,15H,14H2,1-6H3,(H,27,29,32). The number of aromatic nitrogens is 3. The molecule has 0 atom stereocenters. The van der Waals surface area contributed by atoms with Crippen LogP contribution in [0.15, 0.2) is 48.9 Å². The van der Waals surface area contributed by atoms with Gasteiger partial charge in [-0.1, -0.05) is 0 Å². The summed E-state index contributed by atoms with van der Waals surface area (Å²) in [4.78, 5) is 33.4. The number of carbonyl (C=O) groups excluding carboxylic acids is 2. The van der Waals surface area contributed by atoms with E-state index in [0.29, 0.717) is 22.5 Å². The predicted octanol–water partition coefficient (Wildman–Crippen LogP) is 5.44. The largest absolute Gasteiger partial charge is 0.459 e. The lowest BCUT2D eigenvalue weighted by molar-refractivity contribution is -0.155. The lowest BCUT2D eigenvalue weighted by atomic mass is 10.1. The SMILES string of the molecule is CC(C)(C)OC(=O)Cn1cnc(-c2ccc(F)cc2)c1-c1ccnc(NC(=O)OC(C)(C)C)c1. The van der Waals surface area contributed by atoms with Crippen molar-refractivity contribution in [3.05, 3.63) is 54.7 Å². The fraction of sp³-hybridized carbons (Fsp3) is 0.360. The third-order valence-electron chi connectivity index (χ3n) is 4.34. The first-order valence-electron chi connectivity index (χ1n) is 10.8. The molecule has 34 heavy (non-hydrogen) atoms. The van der Waals surface area contributed by atoms with Crippen molar-refractivity contribution in [1.82, 2.24) is 14.5 Å². The summed E-state index contributed by atoms with van der Waals surface area (Å²) in [5.74, 6) is -0.536. The second-order valence-corrected chi connectivity index (χ2v) is 9.72. The summed E-state index contributed by atoms with van der Waals surface area (Å²) in [7, 11) is 0. The highest BCUT2D eigenvalue weighted by Gasteiger charge is 2.22. The van der Waals surface area contributed by atoms with Crippen molar-refractivity contribution in [2.45, 2.75) is 59.3 Å². The predicted molar refractivity (Wildman–Crippen MR) is 127 cm³/mol. The highest BCUT2D eigenvalue weighted by atomic mass is 19.1. The number of rotatable bonds is 5. The van der Waals surface area contributed by atoms with Crippen LogP contribution in [0.2, 0.25) is 0 Å². The van der Waals surface area contributed by atoms with Crippen LogP contribution >= 0.6 is 0 Å². The highest BCUT2D eigenvalue weighted by molar-refractivity contribution is 5.86. The second kappa shape index (κ2) is 9.62. The van der Waals surface area contributed by atoms with Gasteiger partial charge in [0, 0.05) is 17.3 Å². The molecule has 1 N–H and O–H groups in total. The van der Waals surface area contributed by atoms with E-state index in [1.54, 1.807) is 70.4 Å². The van der Waals surface area contributed by atoms with Crippen molar-refractivity contribution >= 4 is 17.9 Å². The number of pyridine rings is 1. The van der Waals surface area contributed by atoms with Crippen LogP contribution in [-0.4, -0.2) is 37.8 Å². The van der Waals surface area contributed by atoms with E-state index in [4.69, 9.17) is 9.47 Å². The van der Waals surface area contributed by atoms with E-state index in [-0.39, 0.29) is 18.2 Å². The van der Waals surface area contributed by atoms with Gasteiger partial charge in [0.15, 0.2) is 0 Å². The second-order valence-electron chi connectivity index (χ2n) is 9.72. The molecule has 2 aromatic heterocycles. The molecule has 0 saturated carbocycles. The number of anilines is 1. The number of carbonyl (C=O) groups is 2. The van der Waals surface area contributed by atoms with Crippen molar-refractivity contribution < 1.29 is 23.5 Å². The molecule has 0 aliphatic carbocycles. The smallest absolute Gasteiger partial charge is 0.413 e. The molecular weight excluding hydrogens is 439 g/mol. The van der Waals surface area contributed by atoms with Crippen molar-refractivity contribution in [3.8, 4) is 22.5 Å². The minimum absolute atomic E-state index is 0.0854. The summed E-state index contributed by atoms with van der Waals surface area (Å²) >= 11 is 0. The molecule has 180 valence electrons. The number of imidazole rings is 1. The molecule has 8 nitrogen and oxygen atoms in total. The zero-order chi connectivity index (χ0) is 25.1. The van der Waals surface area contributed by atoms with Gasteiger partial charge in [0.05, 0.1) is 17.7 Å². The maximum absolute atomic E-state index is 13.5. The molecule has 2 heterocycles. The molecule has 3 rings (SSSR count). The van der Waals surface area contributed by atoms with E-state index in [9.17, 15) is 14.0 Å². The minimum atomic E-state index is -0.663. The summed E-state index contributed by atoms with van der Waals surface area (Å²) < 4.78 is 25.9. The third-order valence-corrected chi connectivity index (χ3v) is 4.34. The topological polar surface area (TPSA) is 95.3 Å². The molecule has 1 aromatic carbocycles. The van der Waals surface area contributed by atoms with Crippen LogP contribution in [0.3, 0.4) is 0 Å². The Hall–Kier alpha value is -3.75. The van der Waals surface area contributed by atoms with Crippen LogP contribution in [0, 0.1) is 5.82 Å². The van der Waals surface area contributed by atoms with E-state index in [1.807, 2.05) is 0 Å². The molecule has 0 fully saturated rings. The number of ether oxygens (including phenoxy) is 2. The molecule has 0 aliphatic heterocycles. The Labute approximate surface area is 198 Å². The molecule has 0 saturated heterocycles. The highest BCUT2D eigenvalue weighted by Crippen LogP contribution is 2.32. The van der Waals surface area contributed by atoms with Gasteiger partial charge in [-0.2, -0.15) is 0 Å². The molecule has 0 spiro atoms. The van der Waals surface area contributed by atoms with Crippen LogP contribution in [0.1, 0.15) is 41.5 Å². The van der Waals surface area contributed by atoms with Gasteiger partial charge >= 0.3 is 12.1 Å². The summed E-state index contributed by atoms with van der Waals surface area (Å²) in [5.41, 5.74) is 1.13. The van der Waals surface area contributed by atoms with Gasteiger partial charge in [0.2, 0.25) is 0 Å². The first kappa shape index (κ1) is 24.9. The van der Waals surface area contributed by atoms with Crippen molar-refractivity contribution in [1.29, 1.82) is 0 Å². The summed E-state index contributed by atoms with van der Waals surface area (Å²) in [6, 6.07) is 9.29. The zero-order valence-electron chi connectivity index (χ0n) is 20.2. The molecule has 0 bridgehead atoms. The molecule has 9 heteroatoms. The molecular formula is C25H29FN4O4. The number of halogens is 1. The Morgan fingerprint density at radius 2 is 1.59 bits per heavy atom. The number of amides is 1. The number of esters is 1. The normalized spacial score (nSPS) is 11.7. The number of nitrogens with zero attached hydrogens (tertiary/aromatic N) is 3. The lowest BCUT2D eigenvalue weighted by Crippen LogP contribution is -2.27. The Kier molecular flexibility index (Phi) is 7.04. The average Bonchev–Trinajstić information content (AvgIpc) is 3.09. The van der Waals surface area contributed by atoms with Crippen molar-refractivity contribution in [2.75, 3.05) is 5.32 Å². The lowest BCUT2D eigenvalue weighted by Gasteiger charge is -2.20. The monoisotopic (exact) mass is 468 g/mol. The molecule has 0 radical (unpaired) electrons. The van der Waals surface area contributed by atoms with Gasteiger partial charge in [-0.05, 0) is 77.9 Å². The molecule has 0 unspecified atom stereocenters. The number of nitrogens with one attached hydrogen (secondary N) is 1. The van der Waals surface area contributed by atoms with Gasteiger partial charge in [-0.15, -0.1) is 0 Å². The van der Waals surface area contributed by atoms with Gasteiger partial charge in [-0.3, -0.25) is 10.1 Å². The maximum atomic E-state index is 13.5. The molecule has 0 aliphatic rings. The van der Waals surface area contributed by atoms with Crippen LogP contribution in [0.4, 0.5) is 15.0 Å². The van der Waals surface area contributed by atoms with Gasteiger partial charge in [-0.25, -0.2) is 19.2 Å². The summed E-state index contributed by atoms with van der Waals surface area (Å²) in [6.45, 7) is 10.6. The van der Waals surface area contributed by atoms with Crippen LogP contribution in [-0.2, 0) is 20.8 Å². The maximum Gasteiger partial charge on any atom is 0.413 e. The number of hydrogen-bond donors (Lipinski definition) is 1. The fourth-order valence-corrected chi connectivity index (χ4v) is 3.19. The van der Waals surface area contributed by atoms with Crippen molar-refractivity contribution in [3.63, 3.8) is 0 Å². The van der Waals surface area contributed by atoms with E-state index in [0.717, 1.165) is 0 Å². The first-order valence-corrected chi connectivity index (χ1v) is 10.8. The Balaban J connectivity index is 2.01. The third kappa shape index (κ3) is 6.87. The first-order chi connectivity index (χ1) is 15.8. The van der Waals surface area contributed by atoms with Crippen LogP contribution < -0.4 is 5.32 Å². The van der Waals surface area contributed by atoms with Gasteiger partial charge < -0.3 is 14.0 Å². The van der Waals surface area contributed by atoms with E-state index >= 15 is 0 Å². The summed E-state index contributed by atoms with van der Waals surface area (Å²) in [5, 5.41) is 2.62.